The lowest BCUT2D eigenvalue weighted by molar-refractivity contribution is -0.140. The number of furan rings is 1. The zero-order valence-electron chi connectivity index (χ0n) is 13.7. The van der Waals surface area contributed by atoms with Crippen LogP contribution in [0.25, 0.3) is 11.6 Å². The molecule has 1 aliphatic rings. The van der Waals surface area contributed by atoms with E-state index in [0.29, 0.717) is 29.7 Å². The van der Waals surface area contributed by atoms with Crippen LogP contribution in [-0.2, 0) is 16.1 Å². The number of hydrogen-bond acceptors (Lipinski definition) is 6. The Kier molecular flexibility index (Phi) is 4.31. The van der Waals surface area contributed by atoms with Crippen LogP contribution in [-0.4, -0.2) is 32.1 Å². The van der Waals surface area contributed by atoms with Crippen LogP contribution in [0.2, 0.25) is 0 Å². The van der Waals surface area contributed by atoms with Crippen molar-refractivity contribution >= 4 is 17.7 Å². The minimum absolute atomic E-state index is 0.0555. The number of cyclic esters (lactones) is 1. The molecular weight excluding hydrogens is 338 g/mol. The lowest BCUT2D eigenvalue weighted by atomic mass is 10.2. The average molecular weight is 355 g/mol. The summed E-state index contributed by atoms with van der Waals surface area (Å²) in [5.74, 6) is 1.11. The van der Waals surface area contributed by atoms with E-state index in [4.69, 9.17) is 9.15 Å². The van der Waals surface area contributed by atoms with E-state index in [1.807, 2.05) is 54.0 Å². The van der Waals surface area contributed by atoms with Crippen LogP contribution in [0.4, 0.5) is 0 Å². The van der Waals surface area contributed by atoms with Crippen molar-refractivity contribution in [3.63, 3.8) is 0 Å². The zero-order valence-corrected chi connectivity index (χ0v) is 14.5. The molecule has 1 saturated heterocycles. The summed E-state index contributed by atoms with van der Waals surface area (Å²) in [7, 11) is 0. The van der Waals surface area contributed by atoms with Crippen molar-refractivity contribution in [2.75, 3.05) is 0 Å². The van der Waals surface area contributed by atoms with E-state index >= 15 is 0 Å². The Morgan fingerprint density at radius 1 is 1.20 bits per heavy atom. The van der Waals surface area contributed by atoms with Gasteiger partial charge in [0.15, 0.2) is 10.9 Å². The Balaban J connectivity index is 1.67. The predicted octanol–water partition coefficient (Wildman–Crippen LogP) is 3.38. The molecule has 0 aliphatic carbocycles. The van der Waals surface area contributed by atoms with Crippen molar-refractivity contribution in [3.05, 3.63) is 54.3 Å². The molecule has 25 heavy (non-hydrogen) atoms. The first-order valence-corrected chi connectivity index (χ1v) is 8.97. The van der Waals surface area contributed by atoms with Crippen LogP contribution in [0.15, 0.2) is 58.3 Å². The molecule has 3 aromatic rings. The second kappa shape index (κ2) is 6.76. The molecule has 3 heterocycles. The monoisotopic (exact) mass is 355 g/mol. The zero-order chi connectivity index (χ0) is 17.2. The van der Waals surface area contributed by atoms with E-state index in [1.54, 1.807) is 6.26 Å². The smallest absolute Gasteiger partial charge is 0.319 e. The minimum Gasteiger partial charge on any atom is -0.462 e. The van der Waals surface area contributed by atoms with Crippen LogP contribution < -0.4 is 0 Å². The highest BCUT2D eigenvalue weighted by atomic mass is 32.2. The summed E-state index contributed by atoms with van der Waals surface area (Å²) < 4.78 is 12.7. The van der Waals surface area contributed by atoms with E-state index < -0.39 is 0 Å². The van der Waals surface area contributed by atoms with E-state index in [0.717, 1.165) is 5.56 Å². The maximum absolute atomic E-state index is 12.0. The summed E-state index contributed by atoms with van der Waals surface area (Å²) in [6.07, 6.45) is 2.23. The Labute approximate surface area is 149 Å². The third-order valence-electron chi connectivity index (χ3n) is 4.02. The van der Waals surface area contributed by atoms with Gasteiger partial charge in [0.2, 0.25) is 5.82 Å². The van der Waals surface area contributed by atoms with Gasteiger partial charge in [0.1, 0.15) is 11.4 Å². The molecule has 0 unspecified atom stereocenters. The standard InChI is InChI=1S/C18H17N3O3S/c1-12-10-15(17(22)24-12)25-18-20-19-16(14-8-5-9-23-14)21(18)11-13-6-3-2-4-7-13/h2-9,12,15H,10-11H2,1H3/t12-,15+/m1/s1. The molecule has 1 aliphatic heterocycles. The molecule has 1 aromatic carbocycles. The third-order valence-corrected chi connectivity index (χ3v) is 5.20. The molecule has 0 N–H and O–H groups in total. The van der Waals surface area contributed by atoms with Gasteiger partial charge >= 0.3 is 5.97 Å². The van der Waals surface area contributed by atoms with Gasteiger partial charge in [-0.1, -0.05) is 42.1 Å². The summed E-state index contributed by atoms with van der Waals surface area (Å²) in [6.45, 7) is 2.50. The quantitative estimate of drug-likeness (QED) is 0.654. The topological polar surface area (TPSA) is 70.2 Å². The van der Waals surface area contributed by atoms with Gasteiger partial charge < -0.3 is 9.15 Å². The van der Waals surface area contributed by atoms with Crippen LogP contribution in [0.1, 0.15) is 18.9 Å². The fraction of sp³-hybridized carbons (Fsp3) is 0.278. The van der Waals surface area contributed by atoms with E-state index in [2.05, 4.69) is 10.2 Å². The summed E-state index contributed by atoms with van der Waals surface area (Å²) in [5.41, 5.74) is 1.12. The van der Waals surface area contributed by atoms with Gasteiger partial charge in [0.25, 0.3) is 0 Å². The van der Waals surface area contributed by atoms with Crippen LogP contribution in [0, 0.1) is 0 Å². The lowest BCUT2D eigenvalue weighted by Gasteiger charge is -2.10. The molecule has 128 valence electrons. The first kappa shape index (κ1) is 16.0. The van der Waals surface area contributed by atoms with Crippen molar-refractivity contribution < 1.29 is 13.9 Å². The molecule has 2 atom stereocenters. The van der Waals surface area contributed by atoms with Crippen molar-refractivity contribution in [3.8, 4) is 11.6 Å². The second-order valence-corrected chi connectivity index (χ2v) is 7.11. The number of carbonyl (C=O) groups excluding carboxylic acids is 1. The SMILES string of the molecule is C[C@@H]1C[C@H](Sc2nnc(-c3ccco3)n2Cc2ccccc2)C(=O)O1. The number of rotatable bonds is 5. The largest absolute Gasteiger partial charge is 0.462 e. The molecule has 0 bridgehead atoms. The number of carbonyl (C=O) groups is 1. The first-order valence-electron chi connectivity index (χ1n) is 8.09. The van der Waals surface area contributed by atoms with Crippen LogP contribution in [0.3, 0.4) is 0 Å². The van der Waals surface area contributed by atoms with Gasteiger partial charge in [-0.25, -0.2) is 0 Å². The van der Waals surface area contributed by atoms with Crippen molar-refractivity contribution in [1.29, 1.82) is 0 Å². The van der Waals surface area contributed by atoms with E-state index in [-0.39, 0.29) is 17.3 Å². The molecule has 7 heteroatoms. The average Bonchev–Trinajstić information content (AvgIpc) is 3.31. The van der Waals surface area contributed by atoms with Crippen LogP contribution >= 0.6 is 11.8 Å². The number of hydrogen-bond donors (Lipinski definition) is 0. The van der Waals surface area contributed by atoms with Gasteiger partial charge in [0, 0.05) is 6.42 Å². The maximum atomic E-state index is 12.0. The molecule has 4 rings (SSSR count). The Hall–Kier alpha value is -2.54. The molecule has 6 nitrogen and oxygen atoms in total. The number of ether oxygens (including phenoxy) is 1. The fourth-order valence-corrected chi connectivity index (χ4v) is 3.96. The van der Waals surface area contributed by atoms with Gasteiger partial charge in [-0.05, 0) is 24.6 Å². The highest BCUT2D eigenvalue weighted by Crippen LogP contribution is 2.33. The highest BCUT2D eigenvalue weighted by molar-refractivity contribution is 8.00. The van der Waals surface area contributed by atoms with Crippen molar-refractivity contribution in [2.45, 2.75) is 36.4 Å². The molecule has 0 amide bonds. The second-order valence-electron chi connectivity index (χ2n) is 5.94. The van der Waals surface area contributed by atoms with E-state index in [9.17, 15) is 4.79 Å². The normalized spacial score (nSPS) is 20.0. The van der Waals surface area contributed by atoms with Gasteiger partial charge in [-0.3, -0.25) is 9.36 Å². The fourth-order valence-electron chi connectivity index (χ4n) is 2.82. The minimum atomic E-state index is -0.252. The molecule has 0 radical (unpaired) electrons. The molecular formula is C18H17N3O3S. The molecule has 0 saturated carbocycles. The lowest BCUT2D eigenvalue weighted by Crippen LogP contribution is -2.12. The maximum Gasteiger partial charge on any atom is 0.319 e. The highest BCUT2D eigenvalue weighted by Gasteiger charge is 2.34. The Bertz CT molecular complexity index is 861. The van der Waals surface area contributed by atoms with Crippen molar-refractivity contribution in [2.24, 2.45) is 0 Å². The third kappa shape index (κ3) is 3.32. The Morgan fingerprint density at radius 2 is 2.04 bits per heavy atom. The predicted molar refractivity (Wildman–Crippen MR) is 93.1 cm³/mol. The van der Waals surface area contributed by atoms with E-state index in [1.165, 1.54) is 11.8 Å². The molecule has 2 aromatic heterocycles. The van der Waals surface area contributed by atoms with Crippen molar-refractivity contribution in [1.82, 2.24) is 14.8 Å². The Morgan fingerprint density at radius 3 is 2.72 bits per heavy atom. The molecule has 1 fully saturated rings. The van der Waals surface area contributed by atoms with Gasteiger partial charge in [0.05, 0.1) is 12.8 Å². The molecule has 0 spiro atoms. The van der Waals surface area contributed by atoms with Crippen LogP contribution in [0.5, 0.6) is 0 Å². The number of benzene rings is 1. The summed E-state index contributed by atoms with van der Waals surface area (Å²) in [6, 6.07) is 13.7. The summed E-state index contributed by atoms with van der Waals surface area (Å²) >= 11 is 1.40. The first-order chi connectivity index (χ1) is 12.2. The summed E-state index contributed by atoms with van der Waals surface area (Å²) in [4.78, 5) is 12.0. The number of thioether (sulfide) groups is 1. The summed E-state index contributed by atoms with van der Waals surface area (Å²) in [5, 5.41) is 9.02. The number of esters is 1. The number of nitrogens with zero attached hydrogens (tertiary/aromatic N) is 3. The van der Waals surface area contributed by atoms with Gasteiger partial charge in [-0.2, -0.15) is 0 Å². The van der Waals surface area contributed by atoms with Gasteiger partial charge in [-0.15, -0.1) is 10.2 Å². The number of aromatic nitrogens is 3.